The van der Waals surface area contributed by atoms with E-state index in [4.69, 9.17) is 5.73 Å². The van der Waals surface area contributed by atoms with Gasteiger partial charge in [0.1, 0.15) is 0 Å². The molecule has 0 amide bonds. The summed E-state index contributed by atoms with van der Waals surface area (Å²) in [6.45, 7) is 11.0. The van der Waals surface area contributed by atoms with Gasteiger partial charge in [0, 0.05) is 11.6 Å². The van der Waals surface area contributed by atoms with Crippen LogP contribution in [0, 0.1) is 5.92 Å². The van der Waals surface area contributed by atoms with Crippen molar-refractivity contribution in [1.82, 2.24) is 0 Å². The summed E-state index contributed by atoms with van der Waals surface area (Å²) in [6, 6.07) is 10.8. The maximum atomic E-state index is 6.34. The van der Waals surface area contributed by atoms with Gasteiger partial charge in [-0.3, -0.25) is 0 Å². The number of rotatable bonds is 3. The Morgan fingerprint density at radius 3 is 2.29 bits per heavy atom. The van der Waals surface area contributed by atoms with Crippen molar-refractivity contribution in [2.75, 3.05) is 0 Å². The minimum absolute atomic E-state index is 0.340. The van der Waals surface area contributed by atoms with Gasteiger partial charge in [0.25, 0.3) is 0 Å². The smallest absolute Gasteiger partial charge is 0.0376 e. The zero-order valence-electron chi connectivity index (χ0n) is 13.9. The Hall–Kier alpha value is -1.76. The van der Waals surface area contributed by atoms with Crippen LogP contribution in [-0.4, -0.2) is 0 Å². The predicted molar refractivity (Wildman–Crippen MR) is 92.0 cm³/mol. The molecule has 0 fully saturated rings. The maximum absolute atomic E-state index is 6.34. The monoisotopic (exact) mass is 281 g/mol. The third-order valence-electron chi connectivity index (χ3n) is 4.82. The first-order valence-corrected chi connectivity index (χ1v) is 7.88. The van der Waals surface area contributed by atoms with Crippen LogP contribution in [0.3, 0.4) is 0 Å². The Kier molecular flexibility index (Phi) is 4.72. The van der Waals surface area contributed by atoms with Gasteiger partial charge in [-0.05, 0) is 49.0 Å². The molecule has 1 nitrogen and oxygen atoms in total. The van der Waals surface area contributed by atoms with Gasteiger partial charge in [-0.15, -0.1) is 0 Å². The Labute approximate surface area is 129 Å². The molecule has 2 N–H and O–H groups in total. The maximum Gasteiger partial charge on any atom is 0.0376 e. The SMILES string of the molecule is CCC(C)/C=C1\C(C)=C(N)C(C)=C(C)C1c1ccccc1. The highest BCUT2D eigenvalue weighted by Gasteiger charge is 2.27. The third-order valence-corrected chi connectivity index (χ3v) is 4.82. The zero-order chi connectivity index (χ0) is 15.6. The van der Waals surface area contributed by atoms with E-state index < -0.39 is 0 Å². The molecule has 2 unspecified atom stereocenters. The average molecular weight is 281 g/mol. The van der Waals surface area contributed by atoms with Gasteiger partial charge in [-0.1, -0.05) is 62.2 Å². The molecule has 2 atom stereocenters. The van der Waals surface area contributed by atoms with E-state index in [9.17, 15) is 0 Å². The highest BCUT2D eigenvalue weighted by atomic mass is 14.6. The summed E-state index contributed by atoms with van der Waals surface area (Å²) < 4.78 is 0. The van der Waals surface area contributed by atoms with Crippen LogP contribution in [0.5, 0.6) is 0 Å². The molecule has 1 aromatic carbocycles. The van der Waals surface area contributed by atoms with Crippen LogP contribution in [0.2, 0.25) is 0 Å². The molecule has 21 heavy (non-hydrogen) atoms. The minimum Gasteiger partial charge on any atom is -0.398 e. The molecule has 0 spiro atoms. The highest BCUT2D eigenvalue weighted by Crippen LogP contribution is 2.43. The van der Waals surface area contributed by atoms with E-state index in [0.29, 0.717) is 11.8 Å². The van der Waals surface area contributed by atoms with Gasteiger partial charge in [-0.2, -0.15) is 0 Å². The number of allylic oxidation sites excluding steroid dienone is 5. The van der Waals surface area contributed by atoms with Crippen LogP contribution < -0.4 is 5.73 Å². The molecule has 0 bridgehead atoms. The van der Waals surface area contributed by atoms with Crippen LogP contribution in [0.25, 0.3) is 0 Å². The molecule has 1 aliphatic carbocycles. The number of hydrogen-bond acceptors (Lipinski definition) is 1. The first-order chi connectivity index (χ1) is 9.97. The first kappa shape index (κ1) is 15.6. The van der Waals surface area contributed by atoms with Crippen molar-refractivity contribution in [3.05, 3.63) is 70.0 Å². The average Bonchev–Trinajstić information content (AvgIpc) is 2.51. The van der Waals surface area contributed by atoms with E-state index in [0.717, 1.165) is 12.1 Å². The van der Waals surface area contributed by atoms with Crippen molar-refractivity contribution < 1.29 is 0 Å². The molecule has 1 heteroatoms. The number of hydrogen-bond donors (Lipinski definition) is 1. The lowest BCUT2D eigenvalue weighted by Crippen LogP contribution is -2.19. The summed E-state index contributed by atoms with van der Waals surface area (Å²) in [5.74, 6) is 0.910. The number of nitrogens with two attached hydrogens (primary N) is 1. The van der Waals surface area contributed by atoms with Crippen LogP contribution in [0.4, 0.5) is 0 Å². The molecule has 0 aliphatic heterocycles. The van der Waals surface area contributed by atoms with Gasteiger partial charge in [0.2, 0.25) is 0 Å². The summed E-state index contributed by atoms with van der Waals surface area (Å²) >= 11 is 0. The van der Waals surface area contributed by atoms with Crippen molar-refractivity contribution in [2.24, 2.45) is 11.7 Å². The van der Waals surface area contributed by atoms with Crippen molar-refractivity contribution in [3.8, 4) is 0 Å². The largest absolute Gasteiger partial charge is 0.398 e. The van der Waals surface area contributed by atoms with E-state index in [1.54, 1.807) is 0 Å². The Bertz CT molecular complexity index is 602. The fraction of sp³-hybridized carbons (Fsp3) is 0.400. The van der Waals surface area contributed by atoms with E-state index in [2.05, 4.69) is 71.0 Å². The van der Waals surface area contributed by atoms with Crippen LogP contribution in [-0.2, 0) is 0 Å². The fourth-order valence-electron chi connectivity index (χ4n) is 3.04. The topological polar surface area (TPSA) is 26.0 Å². The second kappa shape index (κ2) is 6.34. The third kappa shape index (κ3) is 2.97. The lowest BCUT2D eigenvalue weighted by Gasteiger charge is -2.31. The minimum atomic E-state index is 0.340. The van der Waals surface area contributed by atoms with E-state index in [1.165, 1.54) is 27.9 Å². The molecular formula is C20H27N. The summed E-state index contributed by atoms with van der Waals surface area (Å²) in [6.07, 6.45) is 3.57. The molecule has 2 rings (SSSR count). The lowest BCUT2D eigenvalue weighted by atomic mass is 9.74. The summed E-state index contributed by atoms with van der Waals surface area (Å²) in [5, 5.41) is 0. The number of benzene rings is 1. The van der Waals surface area contributed by atoms with Gasteiger partial charge in [-0.25, -0.2) is 0 Å². The van der Waals surface area contributed by atoms with Crippen LogP contribution in [0.1, 0.15) is 52.5 Å². The molecule has 112 valence electrons. The predicted octanol–water partition coefficient (Wildman–Crippen LogP) is 5.33. The zero-order valence-corrected chi connectivity index (χ0v) is 13.9. The van der Waals surface area contributed by atoms with Crippen molar-refractivity contribution in [2.45, 2.75) is 47.0 Å². The standard InChI is InChI=1S/C20H27N/c1-6-13(2)12-18-16(5)20(21)15(4)14(3)19(18)17-10-8-7-9-11-17/h7-13,19H,6,21H2,1-5H3/b18-12+. The quantitative estimate of drug-likeness (QED) is 0.796. The molecule has 0 radical (unpaired) electrons. The second-order valence-corrected chi connectivity index (χ2v) is 6.20. The van der Waals surface area contributed by atoms with Crippen LogP contribution >= 0.6 is 0 Å². The molecule has 1 aromatic rings. The van der Waals surface area contributed by atoms with E-state index in [-0.39, 0.29) is 0 Å². The fourth-order valence-corrected chi connectivity index (χ4v) is 3.04. The first-order valence-electron chi connectivity index (χ1n) is 7.88. The molecule has 0 saturated heterocycles. The van der Waals surface area contributed by atoms with E-state index >= 15 is 0 Å². The highest BCUT2D eigenvalue weighted by molar-refractivity contribution is 5.57. The van der Waals surface area contributed by atoms with E-state index in [1.807, 2.05) is 0 Å². The Balaban J connectivity index is 2.61. The molecule has 1 aliphatic rings. The summed E-state index contributed by atoms with van der Waals surface area (Å²) in [5.41, 5.74) is 13.9. The molecule has 0 heterocycles. The second-order valence-electron chi connectivity index (χ2n) is 6.20. The van der Waals surface area contributed by atoms with Crippen molar-refractivity contribution in [3.63, 3.8) is 0 Å². The Morgan fingerprint density at radius 2 is 1.71 bits per heavy atom. The summed E-state index contributed by atoms with van der Waals surface area (Å²) in [7, 11) is 0. The summed E-state index contributed by atoms with van der Waals surface area (Å²) in [4.78, 5) is 0. The van der Waals surface area contributed by atoms with Crippen molar-refractivity contribution >= 4 is 0 Å². The Morgan fingerprint density at radius 1 is 1.10 bits per heavy atom. The van der Waals surface area contributed by atoms with Gasteiger partial charge in [0.15, 0.2) is 0 Å². The van der Waals surface area contributed by atoms with Crippen LogP contribution in [0.15, 0.2) is 64.4 Å². The van der Waals surface area contributed by atoms with Gasteiger partial charge < -0.3 is 5.73 Å². The normalized spacial score (nSPS) is 22.9. The molecular weight excluding hydrogens is 254 g/mol. The van der Waals surface area contributed by atoms with Gasteiger partial charge >= 0.3 is 0 Å². The molecule has 0 aromatic heterocycles. The van der Waals surface area contributed by atoms with Gasteiger partial charge in [0.05, 0.1) is 0 Å². The molecule has 0 saturated carbocycles. The van der Waals surface area contributed by atoms with Crippen molar-refractivity contribution in [1.29, 1.82) is 0 Å². The lowest BCUT2D eigenvalue weighted by molar-refractivity contribution is 0.684.